The zero-order valence-electron chi connectivity index (χ0n) is 12.1. The van der Waals surface area contributed by atoms with Crippen molar-refractivity contribution < 1.29 is 0 Å². The molecule has 6 heteroatoms. The fourth-order valence-corrected chi connectivity index (χ4v) is 2.64. The molecule has 0 spiro atoms. The third-order valence-corrected chi connectivity index (χ3v) is 3.95. The number of guanidine groups is 1. The first kappa shape index (κ1) is 15.4. The van der Waals surface area contributed by atoms with E-state index < -0.39 is 0 Å². The lowest BCUT2D eigenvalue weighted by molar-refractivity contribution is 0.203. The van der Waals surface area contributed by atoms with Gasteiger partial charge in [0.2, 0.25) is 5.96 Å². The lowest BCUT2D eigenvalue weighted by atomic mass is 10.3. The number of nitrogens with zero attached hydrogens (tertiary/aromatic N) is 4. The summed E-state index contributed by atoms with van der Waals surface area (Å²) in [5.41, 5.74) is 0.637. The summed E-state index contributed by atoms with van der Waals surface area (Å²) in [7, 11) is 6.11. The van der Waals surface area contributed by atoms with Crippen molar-refractivity contribution in [3.05, 3.63) is 28.2 Å². The molecule has 110 valence electrons. The summed E-state index contributed by atoms with van der Waals surface area (Å²) in [6, 6.07) is 5.45. The van der Waals surface area contributed by atoms with Crippen molar-refractivity contribution in [1.29, 1.82) is 0 Å². The highest BCUT2D eigenvalue weighted by Crippen LogP contribution is 2.33. The van der Waals surface area contributed by atoms with E-state index in [0.717, 1.165) is 32.1 Å². The predicted octanol–water partition coefficient (Wildman–Crippen LogP) is 2.79. The molecule has 0 bridgehead atoms. The van der Waals surface area contributed by atoms with Crippen LogP contribution in [0.25, 0.3) is 0 Å². The molecule has 1 heterocycles. The van der Waals surface area contributed by atoms with Crippen LogP contribution in [0.15, 0.2) is 23.2 Å². The Morgan fingerprint density at radius 2 is 1.65 bits per heavy atom. The van der Waals surface area contributed by atoms with E-state index in [9.17, 15) is 0 Å². The second-order valence-corrected chi connectivity index (χ2v) is 5.98. The van der Waals surface area contributed by atoms with Crippen LogP contribution in [0.5, 0.6) is 0 Å². The van der Waals surface area contributed by atoms with Crippen molar-refractivity contribution in [2.24, 2.45) is 4.99 Å². The molecular weight excluding hydrogens is 295 g/mol. The molecule has 0 saturated carbocycles. The minimum atomic E-state index is 0.575. The van der Waals surface area contributed by atoms with Crippen LogP contribution in [0.2, 0.25) is 10.0 Å². The first-order valence-electron chi connectivity index (χ1n) is 6.62. The maximum Gasteiger partial charge on any atom is 0.201 e. The SMILES string of the molecule is CN1CCN(C(=Nc2c(Cl)cccc2Cl)N(C)C)CC1. The molecule has 0 unspecified atom stereocenters. The van der Waals surface area contributed by atoms with Gasteiger partial charge in [0.1, 0.15) is 5.69 Å². The first-order valence-corrected chi connectivity index (χ1v) is 7.38. The molecule has 1 aliphatic heterocycles. The van der Waals surface area contributed by atoms with Gasteiger partial charge in [0.05, 0.1) is 10.0 Å². The second kappa shape index (κ2) is 6.66. The Balaban J connectivity index is 2.31. The lowest BCUT2D eigenvalue weighted by Gasteiger charge is -2.36. The van der Waals surface area contributed by atoms with E-state index in [1.54, 1.807) is 0 Å². The van der Waals surface area contributed by atoms with E-state index in [2.05, 4.69) is 16.8 Å². The summed E-state index contributed by atoms with van der Waals surface area (Å²) in [5.74, 6) is 0.896. The van der Waals surface area contributed by atoms with Crippen molar-refractivity contribution in [3.63, 3.8) is 0 Å². The van der Waals surface area contributed by atoms with Crippen LogP contribution in [0.1, 0.15) is 0 Å². The highest BCUT2D eigenvalue weighted by Gasteiger charge is 2.19. The van der Waals surface area contributed by atoms with E-state index >= 15 is 0 Å². The van der Waals surface area contributed by atoms with Crippen molar-refractivity contribution in [1.82, 2.24) is 14.7 Å². The molecule has 2 rings (SSSR count). The number of hydrogen-bond acceptors (Lipinski definition) is 2. The zero-order chi connectivity index (χ0) is 14.7. The summed E-state index contributed by atoms with van der Waals surface area (Å²) in [6.07, 6.45) is 0. The average molecular weight is 315 g/mol. The number of likely N-dealkylation sites (N-methyl/N-ethyl adjacent to an activating group) is 1. The van der Waals surface area contributed by atoms with Gasteiger partial charge >= 0.3 is 0 Å². The van der Waals surface area contributed by atoms with Crippen LogP contribution < -0.4 is 0 Å². The number of benzene rings is 1. The Hall–Kier alpha value is -0.970. The Morgan fingerprint density at radius 1 is 1.10 bits per heavy atom. The molecule has 1 saturated heterocycles. The Kier molecular flexibility index (Phi) is 5.13. The summed E-state index contributed by atoms with van der Waals surface area (Å²) >= 11 is 12.4. The van der Waals surface area contributed by atoms with Crippen molar-refractivity contribution in [2.45, 2.75) is 0 Å². The summed E-state index contributed by atoms with van der Waals surface area (Å²) in [5, 5.41) is 1.15. The van der Waals surface area contributed by atoms with Gasteiger partial charge in [-0.25, -0.2) is 4.99 Å². The second-order valence-electron chi connectivity index (χ2n) is 5.17. The smallest absolute Gasteiger partial charge is 0.201 e. The van der Waals surface area contributed by atoms with Gasteiger partial charge in [-0.2, -0.15) is 0 Å². The standard InChI is InChI=1S/C14H20Cl2N4/c1-18(2)14(20-9-7-19(3)8-10-20)17-13-11(15)5-4-6-12(13)16/h4-6H,7-10H2,1-3H3. The zero-order valence-corrected chi connectivity index (χ0v) is 13.6. The van der Waals surface area contributed by atoms with Crippen LogP contribution in [-0.2, 0) is 0 Å². The number of piperazine rings is 1. The average Bonchev–Trinajstić information content (AvgIpc) is 2.39. The minimum absolute atomic E-state index is 0.575. The number of halogens is 2. The van der Waals surface area contributed by atoms with Gasteiger partial charge in [0.15, 0.2) is 0 Å². The van der Waals surface area contributed by atoms with Crippen LogP contribution in [-0.4, -0.2) is 68.0 Å². The van der Waals surface area contributed by atoms with E-state index in [-0.39, 0.29) is 0 Å². The lowest BCUT2D eigenvalue weighted by Crippen LogP contribution is -2.50. The summed E-state index contributed by atoms with van der Waals surface area (Å²) in [4.78, 5) is 11.3. The molecule has 20 heavy (non-hydrogen) atoms. The van der Waals surface area contributed by atoms with Crippen molar-refractivity contribution in [3.8, 4) is 0 Å². The van der Waals surface area contributed by atoms with E-state index in [0.29, 0.717) is 15.7 Å². The quantitative estimate of drug-likeness (QED) is 0.588. The van der Waals surface area contributed by atoms with Gasteiger partial charge in [-0.05, 0) is 19.2 Å². The van der Waals surface area contributed by atoms with E-state index in [1.165, 1.54) is 0 Å². The fourth-order valence-electron chi connectivity index (χ4n) is 2.16. The normalized spacial score (nSPS) is 17.4. The van der Waals surface area contributed by atoms with Crippen molar-refractivity contribution >= 4 is 34.8 Å². The monoisotopic (exact) mass is 314 g/mol. The number of hydrogen-bond donors (Lipinski definition) is 0. The van der Waals surface area contributed by atoms with Crippen LogP contribution in [0.4, 0.5) is 5.69 Å². The first-order chi connectivity index (χ1) is 9.49. The maximum atomic E-state index is 6.20. The molecular formula is C14H20Cl2N4. The van der Waals surface area contributed by atoms with Gasteiger partial charge in [-0.3, -0.25) is 0 Å². The Bertz CT molecular complexity index is 474. The minimum Gasteiger partial charge on any atom is -0.349 e. The summed E-state index contributed by atoms with van der Waals surface area (Å²) in [6.45, 7) is 3.97. The largest absolute Gasteiger partial charge is 0.349 e. The van der Waals surface area contributed by atoms with Gasteiger partial charge in [-0.1, -0.05) is 29.3 Å². The Morgan fingerprint density at radius 3 is 2.15 bits per heavy atom. The van der Waals surface area contributed by atoms with Crippen LogP contribution >= 0.6 is 23.2 Å². The molecule has 0 aliphatic carbocycles. The van der Waals surface area contributed by atoms with E-state index in [4.69, 9.17) is 28.2 Å². The summed E-state index contributed by atoms with van der Waals surface area (Å²) < 4.78 is 0. The van der Waals surface area contributed by atoms with Gasteiger partial charge < -0.3 is 14.7 Å². The maximum absolute atomic E-state index is 6.20. The third kappa shape index (κ3) is 3.57. The third-order valence-electron chi connectivity index (χ3n) is 3.34. The van der Waals surface area contributed by atoms with Gasteiger partial charge in [0, 0.05) is 40.3 Å². The van der Waals surface area contributed by atoms with Gasteiger partial charge in [0.25, 0.3) is 0 Å². The highest BCUT2D eigenvalue weighted by atomic mass is 35.5. The molecule has 0 radical (unpaired) electrons. The molecule has 1 fully saturated rings. The Labute approximate surface area is 130 Å². The van der Waals surface area contributed by atoms with E-state index in [1.807, 2.05) is 37.2 Å². The number of aliphatic imine (C=N–C) groups is 1. The fraction of sp³-hybridized carbons (Fsp3) is 0.500. The number of para-hydroxylation sites is 1. The molecule has 0 aromatic heterocycles. The molecule has 4 nitrogen and oxygen atoms in total. The molecule has 1 aliphatic rings. The molecule has 1 aromatic carbocycles. The number of rotatable bonds is 1. The van der Waals surface area contributed by atoms with Crippen molar-refractivity contribution in [2.75, 3.05) is 47.3 Å². The van der Waals surface area contributed by atoms with Crippen LogP contribution in [0.3, 0.4) is 0 Å². The highest BCUT2D eigenvalue weighted by molar-refractivity contribution is 6.38. The van der Waals surface area contributed by atoms with Crippen LogP contribution in [0, 0.1) is 0 Å². The molecule has 0 N–H and O–H groups in total. The predicted molar refractivity (Wildman–Crippen MR) is 86.3 cm³/mol. The molecule has 0 amide bonds. The molecule has 1 aromatic rings. The van der Waals surface area contributed by atoms with Gasteiger partial charge in [-0.15, -0.1) is 0 Å². The molecule has 0 atom stereocenters. The topological polar surface area (TPSA) is 22.1 Å².